The SMILES string of the molecule is COc1ccccc1OCCNC(=O)C[NH+]1CCN(c2cccc(C)c2C)CC1. The van der Waals surface area contributed by atoms with Gasteiger partial charge in [-0.15, -0.1) is 0 Å². The van der Waals surface area contributed by atoms with Crippen molar-refractivity contribution >= 4 is 11.6 Å². The number of piperazine rings is 1. The maximum atomic E-state index is 12.3. The number of rotatable bonds is 8. The van der Waals surface area contributed by atoms with Gasteiger partial charge in [-0.05, 0) is 43.2 Å². The minimum atomic E-state index is 0.0730. The van der Waals surface area contributed by atoms with Gasteiger partial charge in [0.2, 0.25) is 0 Å². The van der Waals surface area contributed by atoms with E-state index in [0.717, 1.165) is 26.2 Å². The van der Waals surface area contributed by atoms with Gasteiger partial charge in [-0.1, -0.05) is 24.3 Å². The third kappa shape index (κ3) is 5.64. The van der Waals surface area contributed by atoms with Crippen molar-refractivity contribution < 1.29 is 19.2 Å². The summed E-state index contributed by atoms with van der Waals surface area (Å²) in [4.78, 5) is 16.0. The third-order valence-electron chi connectivity index (χ3n) is 5.55. The van der Waals surface area contributed by atoms with Crippen LogP contribution in [0.25, 0.3) is 0 Å². The summed E-state index contributed by atoms with van der Waals surface area (Å²) in [5.41, 5.74) is 4.00. The van der Waals surface area contributed by atoms with Crippen LogP contribution in [-0.2, 0) is 4.79 Å². The summed E-state index contributed by atoms with van der Waals surface area (Å²) < 4.78 is 11.0. The normalized spacial score (nSPS) is 14.5. The van der Waals surface area contributed by atoms with E-state index in [0.29, 0.717) is 31.2 Å². The molecule has 0 atom stereocenters. The Labute approximate surface area is 173 Å². The average Bonchev–Trinajstić information content (AvgIpc) is 2.74. The number of methoxy groups -OCH3 is 1. The molecule has 1 amide bonds. The molecule has 3 rings (SSSR count). The first kappa shape index (κ1) is 21.0. The van der Waals surface area contributed by atoms with Crippen molar-refractivity contribution in [3.8, 4) is 11.5 Å². The average molecular weight is 399 g/mol. The van der Waals surface area contributed by atoms with Crippen LogP contribution in [0.3, 0.4) is 0 Å². The number of anilines is 1. The summed E-state index contributed by atoms with van der Waals surface area (Å²) in [6, 6.07) is 14.0. The van der Waals surface area contributed by atoms with Crippen molar-refractivity contribution in [2.75, 3.05) is 57.9 Å². The summed E-state index contributed by atoms with van der Waals surface area (Å²) >= 11 is 0. The smallest absolute Gasteiger partial charge is 0.275 e. The molecule has 2 aromatic carbocycles. The van der Waals surface area contributed by atoms with E-state index in [1.54, 1.807) is 7.11 Å². The maximum Gasteiger partial charge on any atom is 0.275 e. The molecule has 0 aliphatic carbocycles. The Morgan fingerprint density at radius 2 is 1.79 bits per heavy atom. The second kappa shape index (κ2) is 10.2. The highest BCUT2D eigenvalue weighted by molar-refractivity contribution is 5.76. The van der Waals surface area contributed by atoms with E-state index in [1.165, 1.54) is 21.7 Å². The van der Waals surface area contributed by atoms with Crippen LogP contribution in [0.4, 0.5) is 5.69 Å². The maximum absolute atomic E-state index is 12.3. The number of hydrogen-bond acceptors (Lipinski definition) is 4. The first-order chi connectivity index (χ1) is 14.1. The predicted molar refractivity (Wildman–Crippen MR) is 115 cm³/mol. The molecule has 2 N–H and O–H groups in total. The summed E-state index contributed by atoms with van der Waals surface area (Å²) in [6.45, 7) is 9.65. The Bertz CT molecular complexity index is 817. The Balaban J connectivity index is 1.37. The van der Waals surface area contributed by atoms with E-state index in [1.807, 2.05) is 24.3 Å². The van der Waals surface area contributed by atoms with Crippen molar-refractivity contribution in [1.29, 1.82) is 0 Å². The summed E-state index contributed by atoms with van der Waals surface area (Å²) in [5.74, 6) is 1.46. The fourth-order valence-electron chi connectivity index (χ4n) is 3.70. The lowest BCUT2D eigenvalue weighted by Crippen LogP contribution is -3.16. The number of carbonyl (C=O) groups is 1. The standard InChI is InChI=1S/C23H31N3O3/c1-18-7-6-8-20(19(18)2)26-14-12-25(13-15-26)17-23(27)24-11-16-29-22-10-5-4-9-21(22)28-3/h4-10H,11-17H2,1-3H3,(H,24,27)/p+1. The van der Waals surface area contributed by atoms with E-state index in [4.69, 9.17) is 9.47 Å². The molecule has 1 aliphatic rings. The Hall–Kier alpha value is -2.73. The number of hydrogen-bond donors (Lipinski definition) is 2. The number of aryl methyl sites for hydroxylation is 1. The molecule has 0 spiro atoms. The van der Waals surface area contributed by atoms with Crippen molar-refractivity contribution in [3.05, 3.63) is 53.6 Å². The molecule has 1 heterocycles. The van der Waals surface area contributed by atoms with Crippen molar-refractivity contribution in [2.45, 2.75) is 13.8 Å². The van der Waals surface area contributed by atoms with Crippen LogP contribution in [0.5, 0.6) is 11.5 Å². The Morgan fingerprint density at radius 3 is 2.52 bits per heavy atom. The lowest BCUT2D eigenvalue weighted by molar-refractivity contribution is -0.892. The van der Waals surface area contributed by atoms with Crippen LogP contribution in [-0.4, -0.2) is 58.9 Å². The van der Waals surface area contributed by atoms with Gasteiger partial charge in [-0.25, -0.2) is 0 Å². The molecule has 29 heavy (non-hydrogen) atoms. The van der Waals surface area contributed by atoms with Gasteiger partial charge in [0, 0.05) is 5.69 Å². The van der Waals surface area contributed by atoms with Crippen LogP contribution in [0.2, 0.25) is 0 Å². The van der Waals surface area contributed by atoms with Gasteiger partial charge < -0.3 is 24.6 Å². The minimum absolute atomic E-state index is 0.0730. The zero-order valence-electron chi connectivity index (χ0n) is 17.7. The molecule has 156 valence electrons. The summed E-state index contributed by atoms with van der Waals surface area (Å²) in [5, 5.41) is 2.96. The van der Waals surface area contributed by atoms with E-state index in [2.05, 4.69) is 42.3 Å². The van der Waals surface area contributed by atoms with Crippen molar-refractivity contribution in [1.82, 2.24) is 5.32 Å². The Kier molecular flexibility index (Phi) is 7.36. The van der Waals surface area contributed by atoms with Crippen LogP contribution < -0.4 is 24.6 Å². The van der Waals surface area contributed by atoms with Crippen molar-refractivity contribution in [2.24, 2.45) is 0 Å². The van der Waals surface area contributed by atoms with Crippen molar-refractivity contribution in [3.63, 3.8) is 0 Å². The minimum Gasteiger partial charge on any atom is -0.493 e. The zero-order valence-corrected chi connectivity index (χ0v) is 17.7. The van der Waals surface area contributed by atoms with Crippen LogP contribution in [0, 0.1) is 13.8 Å². The van der Waals surface area contributed by atoms with E-state index in [-0.39, 0.29) is 5.91 Å². The fourth-order valence-corrected chi connectivity index (χ4v) is 3.70. The third-order valence-corrected chi connectivity index (χ3v) is 5.55. The van der Waals surface area contributed by atoms with E-state index >= 15 is 0 Å². The van der Waals surface area contributed by atoms with Crippen LogP contribution >= 0.6 is 0 Å². The van der Waals surface area contributed by atoms with Gasteiger partial charge in [0.15, 0.2) is 18.0 Å². The van der Waals surface area contributed by atoms with E-state index < -0.39 is 0 Å². The highest BCUT2D eigenvalue weighted by Gasteiger charge is 2.23. The molecule has 0 saturated carbocycles. The number of benzene rings is 2. The number of nitrogens with one attached hydrogen (secondary N) is 2. The molecule has 0 radical (unpaired) electrons. The van der Waals surface area contributed by atoms with Gasteiger partial charge in [0.05, 0.1) is 39.8 Å². The number of amides is 1. The van der Waals surface area contributed by atoms with Gasteiger partial charge >= 0.3 is 0 Å². The number of nitrogens with zero attached hydrogens (tertiary/aromatic N) is 1. The second-order valence-corrected chi connectivity index (χ2v) is 7.48. The molecule has 0 bridgehead atoms. The molecule has 0 aromatic heterocycles. The van der Waals surface area contributed by atoms with E-state index in [9.17, 15) is 4.79 Å². The Morgan fingerprint density at radius 1 is 1.07 bits per heavy atom. The number of para-hydroxylation sites is 2. The highest BCUT2D eigenvalue weighted by atomic mass is 16.5. The molecule has 1 aliphatic heterocycles. The summed E-state index contributed by atoms with van der Waals surface area (Å²) in [7, 11) is 1.62. The molecule has 1 saturated heterocycles. The summed E-state index contributed by atoms with van der Waals surface area (Å²) in [6.07, 6.45) is 0. The lowest BCUT2D eigenvalue weighted by Gasteiger charge is -2.34. The largest absolute Gasteiger partial charge is 0.493 e. The molecular formula is C23H32N3O3+. The number of ether oxygens (including phenoxy) is 2. The first-order valence-corrected chi connectivity index (χ1v) is 10.3. The molecule has 1 fully saturated rings. The van der Waals surface area contributed by atoms with Gasteiger partial charge in [0.25, 0.3) is 5.91 Å². The van der Waals surface area contributed by atoms with Gasteiger partial charge in [-0.2, -0.15) is 0 Å². The van der Waals surface area contributed by atoms with Crippen LogP contribution in [0.15, 0.2) is 42.5 Å². The topological polar surface area (TPSA) is 55.2 Å². The lowest BCUT2D eigenvalue weighted by atomic mass is 10.1. The van der Waals surface area contributed by atoms with Gasteiger partial charge in [-0.3, -0.25) is 4.79 Å². The quantitative estimate of drug-likeness (QED) is 0.657. The molecule has 0 unspecified atom stereocenters. The molecule has 2 aromatic rings. The molecule has 6 heteroatoms. The predicted octanol–water partition coefficient (Wildman–Crippen LogP) is 1.21. The highest BCUT2D eigenvalue weighted by Crippen LogP contribution is 2.25. The van der Waals surface area contributed by atoms with Crippen LogP contribution in [0.1, 0.15) is 11.1 Å². The number of carbonyl (C=O) groups excluding carboxylic acids is 1. The van der Waals surface area contributed by atoms with Gasteiger partial charge in [0.1, 0.15) is 6.61 Å². The monoisotopic (exact) mass is 398 g/mol. The zero-order chi connectivity index (χ0) is 20.6. The first-order valence-electron chi connectivity index (χ1n) is 10.3. The fraction of sp³-hybridized carbons (Fsp3) is 0.435. The molecule has 6 nitrogen and oxygen atoms in total. The molecular weight excluding hydrogens is 366 g/mol. The number of quaternary nitrogens is 1. The second-order valence-electron chi connectivity index (χ2n) is 7.48.